The highest BCUT2D eigenvalue weighted by Crippen LogP contribution is 2.18. The summed E-state index contributed by atoms with van der Waals surface area (Å²) in [4.78, 5) is 23.6. The van der Waals surface area contributed by atoms with Gasteiger partial charge in [-0.1, -0.05) is 42.5 Å². The maximum Gasteiger partial charge on any atom is 0.411 e. The third-order valence-electron chi connectivity index (χ3n) is 2.86. The molecule has 4 heteroatoms. The minimum atomic E-state index is -0.593. The second-order valence-corrected chi connectivity index (χ2v) is 4.25. The van der Waals surface area contributed by atoms with E-state index in [0.29, 0.717) is 17.7 Å². The molecular formula is C16H15NO3. The number of Topliss-reactive ketones (excluding diaryl/α,β-unsaturated/α-hetero) is 1. The molecule has 0 saturated heterocycles. The molecule has 0 spiro atoms. The van der Waals surface area contributed by atoms with Crippen LogP contribution >= 0.6 is 0 Å². The fraction of sp³-hybridized carbons (Fsp3) is 0.125. The van der Waals surface area contributed by atoms with Crippen LogP contribution in [0.1, 0.15) is 15.9 Å². The van der Waals surface area contributed by atoms with Crippen LogP contribution in [0, 0.1) is 0 Å². The van der Waals surface area contributed by atoms with Crippen molar-refractivity contribution in [3.63, 3.8) is 0 Å². The summed E-state index contributed by atoms with van der Waals surface area (Å²) in [6.07, 6.45) is -0.300. The van der Waals surface area contributed by atoms with Crippen LogP contribution in [0.3, 0.4) is 0 Å². The zero-order chi connectivity index (χ0) is 14.4. The van der Waals surface area contributed by atoms with Crippen molar-refractivity contribution in [3.05, 3.63) is 65.7 Å². The van der Waals surface area contributed by atoms with Crippen molar-refractivity contribution in [1.82, 2.24) is 0 Å². The normalized spacial score (nSPS) is 9.85. The highest BCUT2D eigenvalue weighted by molar-refractivity contribution is 6.04. The van der Waals surface area contributed by atoms with Gasteiger partial charge in [0.25, 0.3) is 0 Å². The molecule has 0 atom stereocenters. The van der Waals surface area contributed by atoms with Crippen LogP contribution in [0.25, 0.3) is 0 Å². The number of ether oxygens (including phenoxy) is 1. The number of anilines is 1. The van der Waals surface area contributed by atoms with Gasteiger partial charge in [0.1, 0.15) is 0 Å². The molecule has 0 radical (unpaired) electrons. The number of carbonyl (C=O) groups excluding carboxylic acids is 2. The van der Waals surface area contributed by atoms with Gasteiger partial charge in [0.2, 0.25) is 0 Å². The number of benzene rings is 2. The average Bonchev–Trinajstić information content (AvgIpc) is 2.48. The van der Waals surface area contributed by atoms with E-state index in [1.54, 1.807) is 24.3 Å². The van der Waals surface area contributed by atoms with Crippen LogP contribution in [0.15, 0.2) is 54.6 Å². The van der Waals surface area contributed by atoms with Crippen LogP contribution in [0.2, 0.25) is 0 Å². The van der Waals surface area contributed by atoms with Gasteiger partial charge >= 0.3 is 6.09 Å². The molecule has 2 aromatic carbocycles. The molecule has 0 aliphatic carbocycles. The lowest BCUT2D eigenvalue weighted by atomic mass is 10.0. The van der Waals surface area contributed by atoms with E-state index in [0.717, 1.165) is 5.56 Å². The lowest BCUT2D eigenvalue weighted by molar-refractivity contribution is 0.0994. The predicted octanol–water partition coefficient (Wildman–Crippen LogP) is 3.29. The Kier molecular flexibility index (Phi) is 4.50. The summed E-state index contributed by atoms with van der Waals surface area (Å²) in [5, 5.41) is 2.54. The molecule has 20 heavy (non-hydrogen) atoms. The first-order valence-corrected chi connectivity index (χ1v) is 6.22. The van der Waals surface area contributed by atoms with E-state index in [4.69, 9.17) is 0 Å². The first kappa shape index (κ1) is 13.8. The average molecular weight is 269 g/mol. The number of amides is 1. The summed E-state index contributed by atoms with van der Waals surface area (Å²) in [7, 11) is 1.28. The summed E-state index contributed by atoms with van der Waals surface area (Å²) < 4.78 is 4.55. The van der Waals surface area contributed by atoms with E-state index < -0.39 is 6.09 Å². The van der Waals surface area contributed by atoms with Gasteiger partial charge in [-0.05, 0) is 17.7 Å². The first-order chi connectivity index (χ1) is 9.70. The van der Waals surface area contributed by atoms with E-state index in [1.165, 1.54) is 7.11 Å². The Morgan fingerprint density at radius 3 is 2.35 bits per heavy atom. The standard InChI is InChI=1S/C16H15NO3/c1-20-16(19)17-14-10-6-5-9-13(14)15(18)11-12-7-3-2-4-8-12/h2-10H,11H2,1H3,(H,17,19). The number of nitrogens with one attached hydrogen (secondary N) is 1. The van der Waals surface area contributed by atoms with Crippen LogP contribution in [0.5, 0.6) is 0 Å². The van der Waals surface area contributed by atoms with Gasteiger partial charge in [0.05, 0.1) is 12.8 Å². The third kappa shape index (κ3) is 3.45. The Morgan fingerprint density at radius 1 is 1.00 bits per heavy atom. The number of hydrogen-bond donors (Lipinski definition) is 1. The fourth-order valence-electron chi connectivity index (χ4n) is 1.87. The minimum Gasteiger partial charge on any atom is -0.453 e. The molecule has 102 valence electrons. The van der Waals surface area contributed by atoms with Gasteiger partial charge in [0, 0.05) is 12.0 Å². The summed E-state index contributed by atoms with van der Waals surface area (Å²) in [6.45, 7) is 0. The first-order valence-electron chi connectivity index (χ1n) is 6.22. The largest absolute Gasteiger partial charge is 0.453 e. The fourth-order valence-corrected chi connectivity index (χ4v) is 1.87. The number of methoxy groups -OCH3 is 1. The van der Waals surface area contributed by atoms with Crippen molar-refractivity contribution < 1.29 is 14.3 Å². The van der Waals surface area contributed by atoms with E-state index in [2.05, 4.69) is 10.1 Å². The summed E-state index contributed by atoms with van der Waals surface area (Å²) >= 11 is 0. The molecule has 1 N–H and O–H groups in total. The maximum atomic E-state index is 12.3. The van der Waals surface area contributed by atoms with Crippen LogP contribution < -0.4 is 5.32 Å². The number of rotatable bonds is 4. The van der Waals surface area contributed by atoms with Gasteiger partial charge in [-0.3, -0.25) is 10.1 Å². The van der Waals surface area contributed by atoms with Gasteiger partial charge in [-0.15, -0.1) is 0 Å². The lowest BCUT2D eigenvalue weighted by Crippen LogP contribution is -2.15. The van der Waals surface area contributed by atoms with Crippen LogP contribution in [0.4, 0.5) is 10.5 Å². The van der Waals surface area contributed by atoms with Gasteiger partial charge in [-0.25, -0.2) is 4.79 Å². The lowest BCUT2D eigenvalue weighted by Gasteiger charge is -2.09. The molecule has 0 aliphatic heterocycles. The summed E-state index contributed by atoms with van der Waals surface area (Å²) in [6, 6.07) is 16.4. The Balaban J connectivity index is 2.19. The monoisotopic (exact) mass is 269 g/mol. The Bertz CT molecular complexity index is 608. The molecule has 2 aromatic rings. The van der Waals surface area contributed by atoms with Gasteiger partial charge in [0.15, 0.2) is 5.78 Å². The molecule has 0 heterocycles. The highest BCUT2D eigenvalue weighted by atomic mass is 16.5. The predicted molar refractivity (Wildman–Crippen MR) is 76.9 cm³/mol. The number of ketones is 1. The molecule has 0 aliphatic rings. The quantitative estimate of drug-likeness (QED) is 0.866. The second kappa shape index (κ2) is 6.52. The topological polar surface area (TPSA) is 55.4 Å². The van der Waals surface area contributed by atoms with Crippen LogP contribution in [-0.4, -0.2) is 19.0 Å². The van der Waals surface area contributed by atoms with Crippen molar-refractivity contribution in [3.8, 4) is 0 Å². The van der Waals surface area contributed by atoms with E-state index in [9.17, 15) is 9.59 Å². The Hall–Kier alpha value is -2.62. The Labute approximate surface area is 117 Å². The third-order valence-corrected chi connectivity index (χ3v) is 2.86. The molecule has 0 aromatic heterocycles. The number of para-hydroxylation sites is 1. The second-order valence-electron chi connectivity index (χ2n) is 4.25. The number of carbonyl (C=O) groups is 2. The molecule has 4 nitrogen and oxygen atoms in total. The molecule has 0 saturated carbocycles. The van der Waals surface area contributed by atoms with E-state index >= 15 is 0 Å². The van der Waals surface area contributed by atoms with Crippen molar-refractivity contribution in [1.29, 1.82) is 0 Å². The summed E-state index contributed by atoms with van der Waals surface area (Å²) in [5.74, 6) is -0.0526. The van der Waals surface area contributed by atoms with Gasteiger partial charge < -0.3 is 4.74 Å². The van der Waals surface area contributed by atoms with Crippen LogP contribution in [-0.2, 0) is 11.2 Å². The molecule has 0 unspecified atom stereocenters. The molecule has 0 bridgehead atoms. The molecule has 1 amide bonds. The van der Waals surface area contributed by atoms with Gasteiger partial charge in [-0.2, -0.15) is 0 Å². The zero-order valence-corrected chi connectivity index (χ0v) is 11.1. The SMILES string of the molecule is COC(=O)Nc1ccccc1C(=O)Cc1ccccc1. The maximum absolute atomic E-state index is 12.3. The summed E-state index contributed by atoms with van der Waals surface area (Å²) in [5.41, 5.74) is 1.87. The smallest absolute Gasteiger partial charge is 0.411 e. The molecule has 0 fully saturated rings. The highest BCUT2D eigenvalue weighted by Gasteiger charge is 2.13. The zero-order valence-electron chi connectivity index (χ0n) is 11.1. The Morgan fingerprint density at radius 2 is 1.65 bits per heavy atom. The van der Waals surface area contributed by atoms with Crippen molar-refractivity contribution >= 4 is 17.6 Å². The molecule has 2 rings (SSSR count). The minimum absolute atomic E-state index is 0.0526. The van der Waals surface area contributed by atoms with Crippen molar-refractivity contribution in [2.45, 2.75) is 6.42 Å². The van der Waals surface area contributed by atoms with E-state index in [-0.39, 0.29) is 5.78 Å². The van der Waals surface area contributed by atoms with Crippen molar-refractivity contribution in [2.24, 2.45) is 0 Å². The number of hydrogen-bond acceptors (Lipinski definition) is 3. The van der Waals surface area contributed by atoms with E-state index in [1.807, 2.05) is 30.3 Å². The van der Waals surface area contributed by atoms with Crippen molar-refractivity contribution in [2.75, 3.05) is 12.4 Å². The molecular weight excluding hydrogens is 254 g/mol.